The monoisotopic (exact) mass is 849 g/mol. The molecule has 0 rings (SSSR count). The third kappa shape index (κ3) is 47.5. The van der Waals surface area contributed by atoms with Gasteiger partial charge >= 0.3 is 17.9 Å². The SMILES string of the molecule is CCCCCCCCCCCCCCCCCCCCCC(=O)OC[C@@H](COC(=O)CCCCCCCCCCCCCCC)OC(=O)CCCCCCCCCCCC. The van der Waals surface area contributed by atoms with Crippen LogP contribution in [0.1, 0.15) is 310 Å². The van der Waals surface area contributed by atoms with Gasteiger partial charge < -0.3 is 14.2 Å². The van der Waals surface area contributed by atoms with E-state index in [9.17, 15) is 14.4 Å². The zero-order chi connectivity index (χ0) is 43.7. The van der Waals surface area contributed by atoms with Crippen molar-refractivity contribution < 1.29 is 28.6 Å². The van der Waals surface area contributed by atoms with Crippen LogP contribution in [-0.2, 0) is 28.6 Å². The maximum absolute atomic E-state index is 12.7. The van der Waals surface area contributed by atoms with E-state index >= 15 is 0 Å². The van der Waals surface area contributed by atoms with Gasteiger partial charge in [-0.15, -0.1) is 0 Å². The summed E-state index contributed by atoms with van der Waals surface area (Å²) < 4.78 is 16.8. The number of ether oxygens (including phenoxy) is 3. The first kappa shape index (κ1) is 58.4. The van der Waals surface area contributed by atoms with Crippen LogP contribution in [0.4, 0.5) is 0 Å². The fourth-order valence-corrected chi connectivity index (χ4v) is 8.27. The Morgan fingerprint density at radius 3 is 0.667 bits per heavy atom. The summed E-state index contributed by atoms with van der Waals surface area (Å²) in [5, 5.41) is 0. The second kappa shape index (κ2) is 50.1. The Kier molecular flexibility index (Phi) is 48.7. The van der Waals surface area contributed by atoms with Crippen LogP contribution in [0.15, 0.2) is 0 Å². The van der Waals surface area contributed by atoms with E-state index in [4.69, 9.17) is 14.2 Å². The van der Waals surface area contributed by atoms with Crippen molar-refractivity contribution in [2.24, 2.45) is 0 Å². The van der Waals surface area contributed by atoms with Crippen LogP contribution in [0.5, 0.6) is 0 Å². The molecule has 0 bridgehead atoms. The van der Waals surface area contributed by atoms with Gasteiger partial charge in [0.1, 0.15) is 13.2 Å². The van der Waals surface area contributed by atoms with Crippen LogP contribution in [0.2, 0.25) is 0 Å². The molecule has 60 heavy (non-hydrogen) atoms. The third-order valence-corrected chi connectivity index (χ3v) is 12.4. The van der Waals surface area contributed by atoms with Crippen LogP contribution >= 0.6 is 0 Å². The quantitative estimate of drug-likeness (QED) is 0.0345. The molecular formula is C54H104O6. The van der Waals surface area contributed by atoms with Crippen molar-refractivity contribution in [3.8, 4) is 0 Å². The van der Waals surface area contributed by atoms with Crippen molar-refractivity contribution in [3.05, 3.63) is 0 Å². The Labute approximate surface area is 374 Å². The van der Waals surface area contributed by atoms with Crippen LogP contribution in [0.3, 0.4) is 0 Å². The molecule has 0 aliphatic heterocycles. The Morgan fingerprint density at radius 1 is 0.267 bits per heavy atom. The van der Waals surface area contributed by atoms with Gasteiger partial charge in [0, 0.05) is 19.3 Å². The highest BCUT2D eigenvalue weighted by Crippen LogP contribution is 2.17. The lowest BCUT2D eigenvalue weighted by molar-refractivity contribution is -0.167. The maximum atomic E-state index is 12.7. The van der Waals surface area contributed by atoms with Gasteiger partial charge in [0.25, 0.3) is 0 Å². The lowest BCUT2D eigenvalue weighted by Gasteiger charge is -2.18. The van der Waals surface area contributed by atoms with Crippen LogP contribution in [-0.4, -0.2) is 37.2 Å². The van der Waals surface area contributed by atoms with E-state index in [1.54, 1.807) is 0 Å². The largest absolute Gasteiger partial charge is 0.462 e. The van der Waals surface area contributed by atoms with Gasteiger partial charge in [-0.1, -0.05) is 271 Å². The number of carbonyl (C=O) groups excluding carboxylic acids is 3. The summed E-state index contributed by atoms with van der Waals surface area (Å²) in [6.07, 6.45) is 53.8. The topological polar surface area (TPSA) is 78.9 Å². The molecule has 0 unspecified atom stereocenters. The summed E-state index contributed by atoms with van der Waals surface area (Å²) in [4.78, 5) is 37.9. The molecule has 0 heterocycles. The Hall–Kier alpha value is -1.59. The first-order valence-corrected chi connectivity index (χ1v) is 27.0. The number of rotatable bonds is 50. The van der Waals surface area contributed by atoms with Gasteiger partial charge in [0.2, 0.25) is 0 Å². The van der Waals surface area contributed by atoms with E-state index in [1.165, 1.54) is 212 Å². The molecule has 0 N–H and O–H groups in total. The fraction of sp³-hybridized carbons (Fsp3) is 0.944. The molecule has 1 atom stereocenters. The molecule has 6 nitrogen and oxygen atoms in total. The minimum absolute atomic E-state index is 0.0618. The molecule has 0 spiro atoms. The van der Waals surface area contributed by atoms with Crippen molar-refractivity contribution in [1.29, 1.82) is 0 Å². The summed E-state index contributed by atoms with van der Waals surface area (Å²) in [6.45, 7) is 6.68. The normalized spacial score (nSPS) is 11.8. The second-order valence-electron chi connectivity index (χ2n) is 18.5. The molecule has 0 aromatic carbocycles. The van der Waals surface area contributed by atoms with Gasteiger partial charge in [-0.25, -0.2) is 0 Å². The molecule has 0 aromatic rings. The van der Waals surface area contributed by atoms with E-state index in [2.05, 4.69) is 20.8 Å². The zero-order valence-electron chi connectivity index (χ0n) is 40.8. The molecule has 0 aromatic heterocycles. The van der Waals surface area contributed by atoms with E-state index in [1.807, 2.05) is 0 Å². The summed E-state index contributed by atoms with van der Waals surface area (Å²) in [5.74, 6) is -0.841. The number of hydrogen-bond acceptors (Lipinski definition) is 6. The van der Waals surface area contributed by atoms with E-state index in [0.29, 0.717) is 19.3 Å². The standard InChI is InChI=1S/C54H104O6/c1-4-7-10-13-16-19-22-24-25-26-27-28-29-31-33-36-38-41-44-47-53(56)59-50-51(60-54(57)48-45-42-39-34-21-18-15-12-9-6-3)49-58-52(55)46-43-40-37-35-32-30-23-20-17-14-11-8-5-2/h51H,4-50H2,1-3H3/t51-/m1/s1. The molecular weight excluding hydrogens is 745 g/mol. The number of carbonyl (C=O) groups is 3. The predicted molar refractivity (Wildman–Crippen MR) is 257 cm³/mol. The second-order valence-corrected chi connectivity index (χ2v) is 18.5. The summed E-state index contributed by atoms with van der Waals surface area (Å²) in [5.41, 5.74) is 0. The highest BCUT2D eigenvalue weighted by molar-refractivity contribution is 5.71. The van der Waals surface area contributed by atoms with Crippen molar-refractivity contribution in [1.82, 2.24) is 0 Å². The van der Waals surface area contributed by atoms with Gasteiger partial charge in [-0.2, -0.15) is 0 Å². The first-order chi connectivity index (χ1) is 29.5. The average molecular weight is 849 g/mol. The molecule has 6 heteroatoms. The third-order valence-electron chi connectivity index (χ3n) is 12.4. The lowest BCUT2D eigenvalue weighted by Crippen LogP contribution is -2.30. The summed E-state index contributed by atoms with van der Waals surface area (Å²) >= 11 is 0. The molecule has 0 radical (unpaired) electrons. The van der Waals surface area contributed by atoms with E-state index < -0.39 is 6.10 Å². The highest BCUT2D eigenvalue weighted by Gasteiger charge is 2.19. The van der Waals surface area contributed by atoms with Gasteiger partial charge in [0.15, 0.2) is 6.10 Å². The van der Waals surface area contributed by atoms with Crippen molar-refractivity contribution in [2.75, 3.05) is 13.2 Å². The molecule has 0 amide bonds. The zero-order valence-corrected chi connectivity index (χ0v) is 40.8. The Balaban J connectivity index is 4.21. The van der Waals surface area contributed by atoms with Crippen LogP contribution < -0.4 is 0 Å². The molecule has 0 aliphatic carbocycles. The molecule has 0 saturated carbocycles. The van der Waals surface area contributed by atoms with Crippen molar-refractivity contribution in [3.63, 3.8) is 0 Å². The average Bonchev–Trinajstić information content (AvgIpc) is 3.24. The Morgan fingerprint density at radius 2 is 0.450 bits per heavy atom. The van der Waals surface area contributed by atoms with Gasteiger partial charge in [-0.3, -0.25) is 14.4 Å². The van der Waals surface area contributed by atoms with E-state index in [0.717, 1.165) is 57.8 Å². The minimum Gasteiger partial charge on any atom is -0.462 e. The smallest absolute Gasteiger partial charge is 0.306 e. The number of hydrogen-bond donors (Lipinski definition) is 0. The number of unbranched alkanes of at least 4 members (excludes halogenated alkanes) is 39. The minimum atomic E-state index is -0.759. The summed E-state index contributed by atoms with van der Waals surface area (Å²) in [7, 11) is 0. The first-order valence-electron chi connectivity index (χ1n) is 27.0. The molecule has 0 saturated heterocycles. The highest BCUT2D eigenvalue weighted by atomic mass is 16.6. The fourth-order valence-electron chi connectivity index (χ4n) is 8.27. The van der Waals surface area contributed by atoms with Crippen molar-refractivity contribution >= 4 is 17.9 Å². The lowest BCUT2D eigenvalue weighted by atomic mass is 10.0. The van der Waals surface area contributed by atoms with Gasteiger partial charge in [-0.05, 0) is 19.3 Å². The summed E-state index contributed by atoms with van der Waals surface area (Å²) in [6, 6.07) is 0. The van der Waals surface area contributed by atoms with E-state index in [-0.39, 0.29) is 31.1 Å². The maximum Gasteiger partial charge on any atom is 0.306 e. The van der Waals surface area contributed by atoms with Crippen LogP contribution in [0.25, 0.3) is 0 Å². The number of esters is 3. The van der Waals surface area contributed by atoms with Gasteiger partial charge in [0.05, 0.1) is 0 Å². The van der Waals surface area contributed by atoms with Crippen molar-refractivity contribution in [2.45, 2.75) is 316 Å². The van der Waals surface area contributed by atoms with Crippen LogP contribution in [0, 0.1) is 0 Å². The molecule has 0 aliphatic rings. The predicted octanol–water partition coefficient (Wildman–Crippen LogP) is 17.6. The molecule has 0 fully saturated rings. The molecule has 356 valence electrons. The Bertz CT molecular complexity index is 889.